The summed E-state index contributed by atoms with van der Waals surface area (Å²) in [7, 11) is 1.69. The maximum absolute atomic E-state index is 5.55. The molecule has 0 amide bonds. The molecule has 1 aromatic heterocycles. The van der Waals surface area contributed by atoms with Gasteiger partial charge in [0.15, 0.2) is 0 Å². The number of methoxy groups -OCH3 is 1. The number of imidazole rings is 1. The van der Waals surface area contributed by atoms with Gasteiger partial charge < -0.3 is 19.4 Å². The van der Waals surface area contributed by atoms with Crippen LogP contribution in [0, 0.1) is 0 Å². The van der Waals surface area contributed by atoms with Gasteiger partial charge in [-0.1, -0.05) is 6.92 Å². The van der Waals surface area contributed by atoms with E-state index in [1.54, 1.807) is 7.11 Å². The monoisotopic (exact) mass is 269 g/mol. The average Bonchev–Trinajstić information content (AvgIpc) is 2.90. The average molecular weight is 269 g/mol. The molecule has 110 valence electrons. The molecule has 0 radical (unpaired) electrons. The highest BCUT2D eigenvalue weighted by atomic mass is 16.5. The highest BCUT2D eigenvalue weighted by molar-refractivity contribution is 4.99. The summed E-state index contributed by atoms with van der Waals surface area (Å²) < 4.78 is 12.7. The molecule has 1 aromatic rings. The quantitative estimate of drug-likeness (QED) is 0.624. The van der Waals surface area contributed by atoms with E-state index < -0.39 is 0 Å². The Morgan fingerprint density at radius 3 is 2.84 bits per heavy atom. The topological polar surface area (TPSA) is 48.3 Å². The van der Waals surface area contributed by atoms with Gasteiger partial charge in [-0.15, -0.1) is 0 Å². The molecule has 5 nitrogen and oxygen atoms in total. The van der Waals surface area contributed by atoms with E-state index in [0.717, 1.165) is 38.4 Å². The van der Waals surface area contributed by atoms with Gasteiger partial charge in [0.05, 0.1) is 19.3 Å². The first-order chi connectivity index (χ1) is 9.33. The molecule has 1 unspecified atom stereocenters. The second-order valence-corrected chi connectivity index (χ2v) is 4.47. The summed E-state index contributed by atoms with van der Waals surface area (Å²) >= 11 is 0. The Morgan fingerprint density at radius 2 is 2.16 bits per heavy atom. The van der Waals surface area contributed by atoms with E-state index in [2.05, 4.69) is 28.7 Å². The Bertz CT molecular complexity index is 328. The zero-order chi connectivity index (χ0) is 13.9. The first-order valence-corrected chi connectivity index (χ1v) is 7.14. The van der Waals surface area contributed by atoms with Crippen LogP contribution in [0.4, 0.5) is 0 Å². The van der Waals surface area contributed by atoms with Gasteiger partial charge in [0.1, 0.15) is 5.82 Å². The van der Waals surface area contributed by atoms with Gasteiger partial charge in [0, 0.05) is 32.7 Å². The number of hydrogen-bond donors (Lipinski definition) is 1. The van der Waals surface area contributed by atoms with Crippen LogP contribution < -0.4 is 5.32 Å². The SMILES string of the molecule is CCCNC(CCOCCOC)c1nccn1CC. The molecule has 0 spiro atoms. The van der Waals surface area contributed by atoms with E-state index in [1.807, 2.05) is 12.4 Å². The predicted octanol–water partition coefficient (Wildman–Crippen LogP) is 2.00. The molecule has 0 fully saturated rings. The van der Waals surface area contributed by atoms with Crippen LogP contribution in [-0.2, 0) is 16.0 Å². The van der Waals surface area contributed by atoms with Gasteiger partial charge in [-0.25, -0.2) is 4.98 Å². The Morgan fingerprint density at radius 1 is 1.32 bits per heavy atom. The van der Waals surface area contributed by atoms with Crippen LogP contribution in [0.15, 0.2) is 12.4 Å². The molecule has 1 N–H and O–H groups in total. The molecule has 1 heterocycles. The van der Waals surface area contributed by atoms with Crippen LogP contribution in [0.25, 0.3) is 0 Å². The lowest BCUT2D eigenvalue weighted by atomic mass is 10.2. The molecule has 0 aliphatic rings. The molecule has 19 heavy (non-hydrogen) atoms. The summed E-state index contributed by atoms with van der Waals surface area (Å²) in [4.78, 5) is 4.48. The molecule has 0 saturated carbocycles. The van der Waals surface area contributed by atoms with Gasteiger partial charge in [0.25, 0.3) is 0 Å². The summed E-state index contributed by atoms with van der Waals surface area (Å²) in [6.45, 7) is 8.28. The molecular formula is C14H27N3O2. The number of rotatable bonds is 11. The first-order valence-electron chi connectivity index (χ1n) is 7.14. The van der Waals surface area contributed by atoms with Gasteiger partial charge in [-0.3, -0.25) is 0 Å². The van der Waals surface area contributed by atoms with Crippen molar-refractivity contribution in [3.05, 3.63) is 18.2 Å². The molecule has 0 aliphatic heterocycles. The van der Waals surface area contributed by atoms with E-state index in [9.17, 15) is 0 Å². The first kappa shape index (κ1) is 16.1. The van der Waals surface area contributed by atoms with E-state index in [0.29, 0.717) is 13.2 Å². The molecule has 0 bridgehead atoms. The van der Waals surface area contributed by atoms with Crippen LogP contribution >= 0.6 is 0 Å². The fraction of sp³-hybridized carbons (Fsp3) is 0.786. The molecule has 0 aromatic carbocycles. The Kier molecular flexibility index (Phi) is 8.45. The highest BCUT2D eigenvalue weighted by Crippen LogP contribution is 2.15. The third kappa shape index (κ3) is 5.72. The number of ether oxygens (including phenoxy) is 2. The summed E-state index contributed by atoms with van der Waals surface area (Å²) in [5, 5.41) is 3.54. The summed E-state index contributed by atoms with van der Waals surface area (Å²) in [5.41, 5.74) is 0. The van der Waals surface area contributed by atoms with Crippen molar-refractivity contribution in [2.75, 3.05) is 33.5 Å². The van der Waals surface area contributed by atoms with Crippen molar-refractivity contribution in [1.82, 2.24) is 14.9 Å². The van der Waals surface area contributed by atoms with Gasteiger partial charge >= 0.3 is 0 Å². The minimum absolute atomic E-state index is 0.262. The van der Waals surface area contributed by atoms with Crippen molar-refractivity contribution < 1.29 is 9.47 Å². The van der Waals surface area contributed by atoms with Crippen molar-refractivity contribution in [3.8, 4) is 0 Å². The molecule has 5 heteroatoms. The third-order valence-electron chi connectivity index (χ3n) is 3.02. The third-order valence-corrected chi connectivity index (χ3v) is 3.02. The molecule has 0 saturated heterocycles. The Labute approximate surface area is 116 Å². The predicted molar refractivity (Wildman–Crippen MR) is 76.2 cm³/mol. The van der Waals surface area contributed by atoms with Crippen LogP contribution in [0.1, 0.15) is 38.6 Å². The number of aryl methyl sites for hydroxylation is 1. The standard InChI is InChI=1S/C14H27N3O2/c1-4-7-15-13(6-10-19-12-11-18-3)14-16-8-9-17(14)5-2/h8-9,13,15H,4-7,10-12H2,1-3H3. The van der Waals surface area contributed by atoms with E-state index in [-0.39, 0.29) is 6.04 Å². The van der Waals surface area contributed by atoms with Crippen LogP contribution in [-0.4, -0.2) is 43.0 Å². The molecule has 0 aliphatic carbocycles. The second kappa shape index (κ2) is 9.95. The van der Waals surface area contributed by atoms with E-state index in [1.165, 1.54) is 0 Å². The minimum Gasteiger partial charge on any atom is -0.382 e. The minimum atomic E-state index is 0.262. The van der Waals surface area contributed by atoms with Crippen molar-refractivity contribution in [2.45, 2.75) is 39.3 Å². The zero-order valence-corrected chi connectivity index (χ0v) is 12.4. The largest absolute Gasteiger partial charge is 0.382 e. The van der Waals surface area contributed by atoms with E-state index >= 15 is 0 Å². The fourth-order valence-electron chi connectivity index (χ4n) is 1.98. The maximum Gasteiger partial charge on any atom is 0.125 e. The lowest BCUT2D eigenvalue weighted by Gasteiger charge is -2.19. The Balaban J connectivity index is 2.47. The number of aromatic nitrogens is 2. The van der Waals surface area contributed by atoms with Crippen molar-refractivity contribution in [2.24, 2.45) is 0 Å². The van der Waals surface area contributed by atoms with Gasteiger partial charge in [-0.05, 0) is 26.3 Å². The summed E-state index contributed by atoms with van der Waals surface area (Å²) in [6.07, 6.45) is 5.95. The maximum atomic E-state index is 5.55. The summed E-state index contributed by atoms with van der Waals surface area (Å²) in [5.74, 6) is 1.10. The Hall–Kier alpha value is -0.910. The van der Waals surface area contributed by atoms with Crippen LogP contribution in [0.3, 0.4) is 0 Å². The number of hydrogen-bond acceptors (Lipinski definition) is 4. The van der Waals surface area contributed by atoms with E-state index in [4.69, 9.17) is 9.47 Å². The molecular weight excluding hydrogens is 242 g/mol. The number of nitrogens with zero attached hydrogens (tertiary/aromatic N) is 2. The van der Waals surface area contributed by atoms with Gasteiger partial charge in [0.2, 0.25) is 0 Å². The van der Waals surface area contributed by atoms with Crippen molar-refractivity contribution in [1.29, 1.82) is 0 Å². The van der Waals surface area contributed by atoms with Gasteiger partial charge in [-0.2, -0.15) is 0 Å². The van der Waals surface area contributed by atoms with Crippen LogP contribution in [0.2, 0.25) is 0 Å². The summed E-state index contributed by atoms with van der Waals surface area (Å²) in [6, 6.07) is 0.262. The zero-order valence-electron chi connectivity index (χ0n) is 12.4. The normalized spacial score (nSPS) is 12.8. The van der Waals surface area contributed by atoms with Crippen molar-refractivity contribution in [3.63, 3.8) is 0 Å². The number of nitrogens with one attached hydrogen (secondary N) is 1. The lowest BCUT2D eigenvalue weighted by molar-refractivity contribution is 0.0653. The second-order valence-electron chi connectivity index (χ2n) is 4.47. The highest BCUT2D eigenvalue weighted by Gasteiger charge is 2.15. The fourth-order valence-corrected chi connectivity index (χ4v) is 1.98. The smallest absolute Gasteiger partial charge is 0.125 e. The molecule has 1 atom stereocenters. The van der Waals surface area contributed by atoms with Crippen molar-refractivity contribution >= 4 is 0 Å². The molecule has 1 rings (SSSR count). The lowest BCUT2D eigenvalue weighted by Crippen LogP contribution is -2.26. The van der Waals surface area contributed by atoms with Crippen LogP contribution in [0.5, 0.6) is 0 Å².